The number of benzene rings is 1. The molecular weight excluding hydrogens is 260 g/mol. The van der Waals surface area contributed by atoms with Gasteiger partial charge in [0.15, 0.2) is 0 Å². The zero-order valence-corrected chi connectivity index (χ0v) is 11.6. The normalized spacial score (nSPS) is 21.6. The van der Waals surface area contributed by atoms with E-state index in [0.29, 0.717) is 6.54 Å². The first-order chi connectivity index (χ1) is 9.29. The Morgan fingerprint density at radius 3 is 3.00 bits per heavy atom. The summed E-state index contributed by atoms with van der Waals surface area (Å²) in [4.78, 5) is 2.04. The smallest absolute Gasteiger partial charge is 0.119 e. The van der Waals surface area contributed by atoms with Gasteiger partial charge in [0.1, 0.15) is 24.5 Å². The fourth-order valence-corrected chi connectivity index (χ4v) is 3.05. The number of nitriles is 1. The molecule has 0 aromatic heterocycles. The molecule has 4 nitrogen and oxygen atoms in total. The molecule has 1 aliphatic rings. The molecule has 0 aliphatic carbocycles. The number of thioether (sulfide) groups is 1. The van der Waals surface area contributed by atoms with Crippen molar-refractivity contribution in [3.8, 4) is 11.8 Å². The minimum absolute atomic E-state index is 0.0925. The third kappa shape index (κ3) is 4.43. The summed E-state index contributed by atoms with van der Waals surface area (Å²) in [5, 5.41) is 19.1. The van der Waals surface area contributed by atoms with Crippen molar-refractivity contribution in [1.29, 1.82) is 5.26 Å². The Kier molecular flexibility index (Phi) is 5.52. The Bertz CT molecular complexity index is 421. The quantitative estimate of drug-likeness (QED) is 0.881. The summed E-state index contributed by atoms with van der Waals surface area (Å²) in [7, 11) is 0. The molecule has 102 valence electrons. The average Bonchev–Trinajstić information content (AvgIpc) is 2.47. The summed E-state index contributed by atoms with van der Waals surface area (Å²) < 4.78 is 5.51. The second-order valence-corrected chi connectivity index (χ2v) is 5.64. The van der Waals surface area contributed by atoms with E-state index in [4.69, 9.17) is 10.00 Å². The highest BCUT2D eigenvalue weighted by Crippen LogP contribution is 2.16. The molecule has 1 aromatic rings. The standard InChI is InChI=1S/C14H18N2O2S/c15-8-12-11-19-7-6-16(12)9-13(17)10-18-14-4-2-1-3-5-14/h1-5,12-13,17H,6-7,9-11H2/t12-,13+/m1/s1. The maximum absolute atomic E-state index is 9.99. The van der Waals surface area contributed by atoms with Crippen LogP contribution in [0, 0.1) is 11.3 Å². The van der Waals surface area contributed by atoms with Gasteiger partial charge >= 0.3 is 0 Å². The van der Waals surface area contributed by atoms with Crippen LogP contribution < -0.4 is 4.74 Å². The van der Waals surface area contributed by atoms with Crippen molar-refractivity contribution in [2.24, 2.45) is 0 Å². The van der Waals surface area contributed by atoms with Gasteiger partial charge in [0, 0.05) is 24.6 Å². The van der Waals surface area contributed by atoms with Gasteiger partial charge in [0.2, 0.25) is 0 Å². The molecule has 0 spiro atoms. The summed E-state index contributed by atoms with van der Waals surface area (Å²) in [6.45, 7) is 1.60. The molecule has 0 unspecified atom stereocenters. The maximum Gasteiger partial charge on any atom is 0.119 e. The second-order valence-electron chi connectivity index (χ2n) is 4.49. The van der Waals surface area contributed by atoms with Crippen LogP contribution in [0.3, 0.4) is 0 Å². The summed E-state index contributed by atoms with van der Waals surface area (Å²) in [6.07, 6.45) is -0.570. The number of ether oxygens (including phenoxy) is 1. The van der Waals surface area contributed by atoms with Gasteiger partial charge in [-0.25, -0.2) is 0 Å². The molecule has 0 amide bonds. The minimum Gasteiger partial charge on any atom is -0.491 e. The van der Waals surface area contributed by atoms with Gasteiger partial charge in [0.25, 0.3) is 0 Å². The summed E-state index contributed by atoms with van der Waals surface area (Å²) in [5.41, 5.74) is 0. The Morgan fingerprint density at radius 1 is 1.47 bits per heavy atom. The number of hydrogen-bond acceptors (Lipinski definition) is 5. The van der Waals surface area contributed by atoms with Crippen LogP contribution in [0.15, 0.2) is 30.3 Å². The van der Waals surface area contributed by atoms with Crippen LogP contribution in [0.25, 0.3) is 0 Å². The van der Waals surface area contributed by atoms with E-state index in [1.807, 2.05) is 35.2 Å². The van der Waals surface area contributed by atoms with E-state index in [0.717, 1.165) is 23.8 Å². The summed E-state index contributed by atoms with van der Waals surface area (Å²) in [6, 6.07) is 11.6. The fraction of sp³-hybridized carbons (Fsp3) is 0.500. The topological polar surface area (TPSA) is 56.5 Å². The van der Waals surface area contributed by atoms with Crippen LogP contribution in [0.4, 0.5) is 0 Å². The van der Waals surface area contributed by atoms with Gasteiger partial charge < -0.3 is 9.84 Å². The lowest BCUT2D eigenvalue weighted by molar-refractivity contribution is 0.0642. The zero-order chi connectivity index (χ0) is 13.5. The molecule has 1 N–H and O–H groups in total. The molecule has 2 atom stereocenters. The Labute approximate surface area is 118 Å². The third-order valence-corrected chi connectivity index (χ3v) is 4.04. The lowest BCUT2D eigenvalue weighted by Crippen LogP contribution is -2.46. The lowest BCUT2D eigenvalue weighted by Gasteiger charge is -2.32. The molecule has 1 heterocycles. The number of nitrogens with zero attached hydrogens (tertiary/aromatic N) is 2. The summed E-state index contributed by atoms with van der Waals surface area (Å²) >= 11 is 1.79. The van der Waals surface area contributed by atoms with E-state index in [-0.39, 0.29) is 12.6 Å². The van der Waals surface area contributed by atoms with Crippen molar-refractivity contribution in [1.82, 2.24) is 4.90 Å². The van der Waals surface area contributed by atoms with Gasteiger partial charge in [-0.1, -0.05) is 18.2 Å². The predicted octanol–water partition coefficient (Wildman–Crippen LogP) is 1.37. The predicted molar refractivity (Wildman–Crippen MR) is 76.2 cm³/mol. The number of aliphatic hydroxyl groups excluding tert-OH is 1. The van der Waals surface area contributed by atoms with Crippen LogP contribution in [-0.2, 0) is 0 Å². The SMILES string of the molecule is N#C[C@@H]1CSCCN1C[C@H](O)COc1ccccc1. The highest BCUT2D eigenvalue weighted by atomic mass is 32.2. The molecule has 1 fully saturated rings. The van der Waals surface area contributed by atoms with Crippen LogP contribution in [0.2, 0.25) is 0 Å². The van der Waals surface area contributed by atoms with Crippen LogP contribution >= 0.6 is 11.8 Å². The van der Waals surface area contributed by atoms with Gasteiger partial charge in [-0.15, -0.1) is 0 Å². The largest absolute Gasteiger partial charge is 0.491 e. The van der Waals surface area contributed by atoms with Crippen LogP contribution in [0.1, 0.15) is 0 Å². The number of rotatable bonds is 5. The molecule has 1 saturated heterocycles. The summed E-state index contributed by atoms with van der Waals surface area (Å²) in [5.74, 6) is 2.60. The average molecular weight is 278 g/mol. The molecule has 2 rings (SSSR count). The van der Waals surface area contributed by atoms with Crippen LogP contribution in [-0.4, -0.2) is 53.4 Å². The molecule has 1 aromatic carbocycles. The van der Waals surface area contributed by atoms with Crippen molar-refractivity contribution < 1.29 is 9.84 Å². The number of para-hydroxylation sites is 1. The van der Waals surface area contributed by atoms with E-state index in [9.17, 15) is 5.11 Å². The van der Waals surface area contributed by atoms with Gasteiger partial charge in [-0.05, 0) is 12.1 Å². The Balaban J connectivity index is 1.77. The lowest BCUT2D eigenvalue weighted by atomic mass is 10.2. The first-order valence-electron chi connectivity index (χ1n) is 6.37. The van der Waals surface area contributed by atoms with E-state index in [1.165, 1.54) is 0 Å². The van der Waals surface area contributed by atoms with Crippen molar-refractivity contribution in [2.75, 3.05) is 31.2 Å². The molecule has 0 bridgehead atoms. The maximum atomic E-state index is 9.99. The first-order valence-corrected chi connectivity index (χ1v) is 7.52. The van der Waals surface area contributed by atoms with Crippen molar-refractivity contribution in [2.45, 2.75) is 12.1 Å². The molecular formula is C14H18N2O2S. The van der Waals surface area contributed by atoms with Crippen LogP contribution in [0.5, 0.6) is 5.75 Å². The second kappa shape index (κ2) is 7.39. The van der Waals surface area contributed by atoms with Crippen molar-refractivity contribution in [3.63, 3.8) is 0 Å². The number of aliphatic hydroxyl groups is 1. The van der Waals surface area contributed by atoms with Gasteiger partial charge in [0.05, 0.1) is 6.07 Å². The molecule has 5 heteroatoms. The first kappa shape index (κ1) is 14.2. The molecule has 0 radical (unpaired) electrons. The van der Waals surface area contributed by atoms with E-state index in [2.05, 4.69) is 6.07 Å². The highest BCUT2D eigenvalue weighted by Gasteiger charge is 2.24. The van der Waals surface area contributed by atoms with Crippen molar-refractivity contribution >= 4 is 11.8 Å². The number of β-amino-alcohol motifs (C(OH)–C–C–N with tert-alkyl or cyclic N) is 1. The molecule has 1 aliphatic heterocycles. The fourth-order valence-electron chi connectivity index (χ4n) is 2.01. The molecule has 0 saturated carbocycles. The van der Waals surface area contributed by atoms with E-state index < -0.39 is 6.10 Å². The van der Waals surface area contributed by atoms with Crippen molar-refractivity contribution in [3.05, 3.63) is 30.3 Å². The Hall–Kier alpha value is -1.22. The Morgan fingerprint density at radius 2 is 2.26 bits per heavy atom. The van der Waals surface area contributed by atoms with E-state index in [1.54, 1.807) is 11.8 Å². The number of hydrogen-bond donors (Lipinski definition) is 1. The monoisotopic (exact) mass is 278 g/mol. The van der Waals surface area contributed by atoms with Gasteiger partial charge in [-0.2, -0.15) is 17.0 Å². The minimum atomic E-state index is -0.570. The van der Waals surface area contributed by atoms with E-state index >= 15 is 0 Å². The zero-order valence-electron chi connectivity index (χ0n) is 10.7. The third-order valence-electron chi connectivity index (χ3n) is 3.02. The highest BCUT2D eigenvalue weighted by molar-refractivity contribution is 7.99. The molecule has 19 heavy (non-hydrogen) atoms. The van der Waals surface area contributed by atoms with Gasteiger partial charge in [-0.3, -0.25) is 4.90 Å².